The van der Waals surface area contributed by atoms with Gasteiger partial charge in [0.2, 0.25) is 0 Å². The molecule has 174 valence electrons. The predicted molar refractivity (Wildman–Crippen MR) is 136 cm³/mol. The van der Waals surface area contributed by atoms with Crippen LogP contribution in [0.4, 0.5) is 4.79 Å². The Morgan fingerprint density at radius 2 is 1.71 bits per heavy atom. The van der Waals surface area contributed by atoms with Crippen molar-refractivity contribution in [1.29, 1.82) is 0 Å². The molecule has 1 aromatic carbocycles. The van der Waals surface area contributed by atoms with E-state index in [1.807, 2.05) is 71.0 Å². The van der Waals surface area contributed by atoms with Crippen LogP contribution in [0.15, 0.2) is 62.4 Å². The number of hydrogen-bond donors (Lipinski definition) is 1. The highest BCUT2D eigenvalue weighted by Gasteiger charge is 2.16. The lowest BCUT2D eigenvalue weighted by Crippen LogP contribution is -2.31. The second kappa shape index (κ2) is 16.1. The van der Waals surface area contributed by atoms with Crippen molar-refractivity contribution in [1.82, 2.24) is 5.32 Å². The summed E-state index contributed by atoms with van der Waals surface area (Å²) in [6.07, 6.45) is 2.18. The average Bonchev–Trinajstić information content (AvgIpc) is 3.22. The van der Waals surface area contributed by atoms with Gasteiger partial charge in [-0.2, -0.15) is 0 Å². The summed E-state index contributed by atoms with van der Waals surface area (Å²) in [5.74, 6) is 0. The maximum Gasteiger partial charge on any atom is 0.407 e. The number of carbonyl (C=O) groups excluding carboxylic acids is 1. The number of amides is 1. The van der Waals surface area contributed by atoms with Gasteiger partial charge in [-0.3, -0.25) is 0 Å². The van der Waals surface area contributed by atoms with Crippen molar-refractivity contribution in [3.8, 4) is 0 Å². The molecule has 7 heteroatoms. The molecule has 2 aromatic rings. The summed E-state index contributed by atoms with van der Waals surface area (Å²) in [5, 5.41) is 4.47. The fraction of sp³-hybridized carbons (Fsp3) is 0.458. The van der Waals surface area contributed by atoms with Gasteiger partial charge in [-0.25, -0.2) is 9.00 Å². The zero-order valence-electron chi connectivity index (χ0n) is 19.8. The molecular weight excluding hydrogens is 446 g/mol. The summed E-state index contributed by atoms with van der Waals surface area (Å²) in [4.78, 5) is 14.4. The van der Waals surface area contributed by atoms with E-state index < -0.39 is 22.5 Å². The number of hydrogen-bond acceptors (Lipinski definition) is 5. The Morgan fingerprint density at radius 1 is 1.13 bits per heavy atom. The summed E-state index contributed by atoms with van der Waals surface area (Å²) in [5.41, 5.74) is -0.526. The third-order valence-corrected chi connectivity index (χ3v) is 6.88. The molecule has 31 heavy (non-hydrogen) atoms. The van der Waals surface area contributed by atoms with Gasteiger partial charge in [0.1, 0.15) is 5.60 Å². The van der Waals surface area contributed by atoms with E-state index in [1.54, 1.807) is 5.41 Å². The molecule has 0 aliphatic rings. The van der Waals surface area contributed by atoms with Crippen molar-refractivity contribution < 1.29 is 13.7 Å². The third kappa shape index (κ3) is 12.8. The van der Waals surface area contributed by atoms with E-state index in [1.165, 1.54) is 35.9 Å². The Morgan fingerprint density at radius 3 is 2.19 bits per heavy atom. The first-order valence-electron chi connectivity index (χ1n) is 10.5. The van der Waals surface area contributed by atoms with Crippen LogP contribution in [0, 0.1) is 0 Å². The Labute approximate surface area is 199 Å². The summed E-state index contributed by atoms with van der Waals surface area (Å²) >= 11 is 2.94. The van der Waals surface area contributed by atoms with Crippen molar-refractivity contribution in [3.63, 3.8) is 0 Å². The fourth-order valence-electron chi connectivity index (χ4n) is 1.88. The molecule has 1 unspecified atom stereocenters. The van der Waals surface area contributed by atoms with Gasteiger partial charge in [-0.05, 0) is 62.6 Å². The van der Waals surface area contributed by atoms with E-state index in [0.29, 0.717) is 6.54 Å². The van der Waals surface area contributed by atoms with Crippen molar-refractivity contribution in [2.24, 2.45) is 0 Å². The van der Waals surface area contributed by atoms with Gasteiger partial charge in [-0.15, -0.1) is 11.3 Å². The molecule has 0 saturated heterocycles. The van der Waals surface area contributed by atoms with Crippen molar-refractivity contribution in [3.05, 3.63) is 53.3 Å². The maximum atomic E-state index is 12.6. The van der Waals surface area contributed by atoms with E-state index >= 15 is 0 Å². The third-order valence-electron chi connectivity index (χ3n) is 3.38. The van der Waals surface area contributed by atoms with Gasteiger partial charge in [0.15, 0.2) is 0 Å². The topological polar surface area (TPSA) is 55.4 Å². The largest absolute Gasteiger partial charge is 0.444 e. The lowest BCUT2D eigenvalue weighted by Gasteiger charge is -2.19. The molecule has 1 N–H and O–H groups in total. The first-order chi connectivity index (χ1) is 14.7. The minimum atomic E-state index is -1.23. The van der Waals surface area contributed by atoms with Crippen LogP contribution in [0.1, 0.15) is 66.2 Å². The molecule has 1 aromatic heterocycles. The molecular formula is C24H37NO3S3. The highest BCUT2D eigenvalue weighted by molar-refractivity contribution is 8.02. The molecule has 0 aliphatic carbocycles. The van der Waals surface area contributed by atoms with Crippen LogP contribution >= 0.6 is 23.1 Å². The first-order valence-corrected chi connectivity index (χ1v) is 13.4. The first kappa shape index (κ1) is 29.4. The van der Waals surface area contributed by atoms with Gasteiger partial charge >= 0.3 is 6.09 Å². The number of carbonyl (C=O) groups is 1. The molecule has 4 nitrogen and oxygen atoms in total. The number of thioether (sulfide) groups is 1. The minimum absolute atomic E-state index is 0.353. The minimum Gasteiger partial charge on any atom is -0.444 e. The summed E-state index contributed by atoms with van der Waals surface area (Å²) < 4.78 is 18.6. The molecule has 1 heterocycles. The molecule has 0 aliphatic heterocycles. The Kier molecular flexibility index (Phi) is 15.3. The molecule has 0 radical (unpaired) electrons. The molecule has 1 amide bonds. The second-order valence-electron chi connectivity index (χ2n) is 7.10. The van der Waals surface area contributed by atoms with Crippen molar-refractivity contribution >= 4 is 40.0 Å². The average molecular weight is 484 g/mol. The number of rotatable bonds is 7. The Hall–Kier alpha value is -1.57. The molecule has 2 rings (SSSR count). The number of ether oxygens (including phenoxy) is 1. The summed E-state index contributed by atoms with van der Waals surface area (Å²) in [7, 11) is -1.23. The van der Waals surface area contributed by atoms with Crippen molar-refractivity contribution in [2.75, 3.05) is 0 Å². The molecule has 1 atom stereocenters. The standard InChI is InChI=1S/C18H21NO3S3.C4H10.C2H6/c1-5-23-13-6-9-15(10-7-13)25(21)16-11-8-14(24-16)12-19-17(20)22-18(2,3)4;1-3-4-2;1-2/h5-11H,1,12H2,2-4H3,(H,19,20);3-4H2,1-2H3;1-2H3. The summed E-state index contributed by atoms with van der Waals surface area (Å²) in [6, 6.07) is 11.3. The lowest BCUT2D eigenvalue weighted by molar-refractivity contribution is 0.0524. The Balaban J connectivity index is 0.00000134. The number of thiophene rings is 1. The number of alkyl carbamates (subject to hydrolysis) is 1. The fourth-order valence-corrected chi connectivity index (χ4v) is 4.76. The molecule has 0 fully saturated rings. The molecule has 0 spiro atoms. The van der Waals surface area contributed by atoms with E-state index in [4.69, 9.17) is 4.74 Å². The van der Waals surface area contributed by atoms with E-state index in [-0.39, 0.29) is 0 Å². The highest BCUT2D eigenvalue weighted by atomic mass is 32.2. The number of benzene rings is 1. The normalized spacial score (nSPS) is 11.2. The van der Waals surface area contributed by atoms with Gasteiger partial charge in [0.05, 0.1) is 21.6 Å². The highest BCUT2D eigenvalue weighted by Crippen LogP contribution is 2.26. The van der Waals surface area contributed by atoms with Gasteiger partial charge in [0.25, 0.3) is 0 Å². The van der Waals surface area contributed by atoms with Gasteiger partial charge < -0.3 is 10.1 Å². The zero-order valence-corrected chi connectivity index (χ0v) is 22.3. The van der Waals surface area contributed by atoms with Crippen LogP contribution < -0.4 is 5.32 Å². The van der Waals surface area contributed by atoms with Crippen molar-refractivity contribution in [2.45, 2.75) is 87.5 Å². The molecule has 0 saturated carbocycles. The van der Waals surface area contributed by atoms with E-state index in [0.717, 1.165) is 18.9 Å². The van der Waals surface area contributed by atoms with Crippen LogP contribution in [-0.4, -0.2) is 15.9 Å². The van der Waals surface area contributed by atoms with Crippen LogP contribution in [0.25, 0.3) is 0 Å². The van der Waals surface area contributed by atoms with Crippen LogP contribution in [0.3, 0.4) is 0 Å². The van der Waals surface area contributed by atoms with Gasteiger partial charge in [-0.1, -0.05) is 58.9 Å². The number of unbranched alkanes of at least 4 members (excludes halogenated alkanes) is 1. The van der Waals surface area contributed by atoms with Crippen LogP contribution in [0.5, 0.6) is 0 Å². The van der Waals surface area contributed by atoms with Gasteiger partial charge in [0, 0.05) is 14.7 Å². The smallest absolute Gasteiger partial charge is 0.407 e. The van der Waals surface area contributed by atoms with E-state index in [9.17, 15) is 9.00 Å². The quantitative estimate of drug-likeness (QED) is 0.405. The SMILES string of the molecule is C=CSc1ccc(S(=O)c2ccc(CNC(=O)OC(C)(C)C)s2)cc1.CC.CCCC. The second-order valence-corrected chi connectivity index (χ2v) is 11.0. The summed E-state index contributed by atoms with van der Waals surface area (Å²) in [6.45, 7) is 17.8. The van der Waals surface area contributed by atoms with Crippen LogP contribution in [-0.2, 0) is 22.1 Å². The Bertz CT molecular complexity index is 791. The lowest BCUT2D eigenvalue weighted by atomic mass is 10.2. The number of nitrogens with one attached hydrogen (secondary N) is 1. The molecule has 0 bridgehead atoms. The monoisotopic (exact) mass is 483 g/mol. The van der Waals surface area contributed by atoms with Crippen LogP contribution in [0.2, 0.25) is 0 Å². The van der Waals surface area contributed by atoms with E-state index in [2.05, 4.69) is 25.7 Å². The maximum absolute atomic E-state index is 12.6. The zero-order chi connectivity index (χ0) is 23.9. The predicted octanol–water partition coefficient (Wildman–Crippen LogP) is 8.01.